The van der Waals surface area contributed by atoms with Gasteiger partial charge in [0.2, 0.25) is 0 Å². The Bertz CT molecular complexity index is 1720. The molecule has 0 saturated carbocycles. The van der Waals surface area contributed by atoms with E-state index in [0.717, 1.165) is 51.9 Å². The fourth-order valence-electron chi connectivity index (χ4n) is 5.61. The minimum atomic E-state index is 0.146. The van der Waals surface area contributed by atoms with Crippen molar-refractivity contribution in [3.05, 3.63) is 99.7 Å². The molecular weight excluding hydrogens is 530 g/mol. The SMILES string of the molecule is C=C(N=C(N=C(C)c1cn(CC(CC)CCCC)c2ccc(C)cc12)c1ccc(C)c(C)c1O)c1ccc(C)c(C)c1O. The number of aromatic nitrogens is 1. The molecule has 226 valence electrons. The summed E-state index contributed by atoms with van der Waals surface area (Å²) < 4.78 is 2.38. The molecule has 0 bridgehead atoms. The number of aromatic hydroxyl groups is 2. The van der Waals surface area contributed by atoms with Gasteiger partial charge < -0.3 is 14.8 Å². The number of rotatable bonds is 10. The molecule has 5 heteroatoms. The molecule has 2 N–H and O–H groups in total. The second-order valence-corrected chi connectivity index (χ2v) is 12.0. The Labute approximate surface area is 257 Å². The van der Waals surface area contributed by atoms with Gasteiger partial charge in [0.1, 0.15) is 11.5 Å². The molecule has 1 heterocycles. The number of aryl methyl sites for hydroxylation is 3. The van der Waals surface area contributed by atoms with Gasteiger partial charge in [-0.15, -0.1) is 0 Å². The van der Waals surface area contributed by atoms with Crippen molar-refractivity contribution in [1.82, 2.24) is 4.57 Å². The number of benzene rings is 3. The summed E-state index contributed by atoms with van der Waals surface area (Å²) >= 11 is 0. The van der Waals surface area contributed by atoms with Crippen LogP contribution in [-0.2, 0) is 6.54 Å². The lowest BCUT2D eigenvalue weighted by Crippen LogP contribution is -2.09. The number of hydrogen-bond acceptors (Lipinski definition) is 3. The summed E-state index contributed by atoms with van der Waals surface area (Å²) in [5.41, 5.74) is 9.22. The molecule has 0 aliphatic heterocycles. The van der Waals surface area contributed by atoms with Crippen molar-refractivity contribution in [3.8, 4) is 11.5 Å². The van der Waals surface area contributed by atoms with Crippen LogP contribution >= 0.6 is 0 Å². The van der Waals surface area contributed by atoms with Crippen LogP contribution in [0.4, 0.5) is 0 Å². The maximum absolute atomic E-state index is 11.2. The molecule has 0 spiro atoms. The van der Waals surface area contributed by atoms with Gasteiger partial charge in [0.15, 0.2) is 5.84 Å². The third kappa shape index (κ3) is 6.77. The first-order valence-corrected chi connectivity index (χ1v) is 15.5. The zero-order chi connectivity index (χ0) is 31.4. The summed E-state index contributed by atoms with van der Waals surface area (Å²) in [6.45, 7) is 21.5. The standard InChI is InChI=1S/C38H47N3O2/c1-10-12-13-30(11-2)21-41-22-34(33-20-23(3)14-19-35(33)41)29(9)40-38(32-18-16-25(5)27(7)37(32)43)39-28(8)31-17-15-24(4)26(6)36(31)42/h14-20,22,30,42-43H,8,10-13,21H2,1-7,9H3. The first-order valence-electron chi connectivity index (χ1n) is 15.5. The molecule has 1 aromatic heterocycles. The molecule has 0 radical (unpaired) electrons. The van der Waals surface area contributed by atoms with Gasteiger partial charge in [-0.1, -0.05) is 63.5 Å². The van der Waals surface area contributed by atoms with E-state index in [9.17, 15) is 10.2 Å². The molecule has 0 saturated heterocycles. The van der Waals surface area contributed by atoms with Crippen LogP contribution in [0.25, 0.3) is 16.6 Å². The number of unbranched alkanes of at least 4 members (excludes halogenated alkanes) is 1. The Morgan fingerprint density at radius 3 is 2.09 bits per heavy atom. The highest BCUT2D eigenvalue weighted by Gasteiger charge is 2.18. The molecular formula is C38H47N3O2. The van der Waals surface area contributed by atoms with Crippen molar-refractivity contribution >= 4 is 28.1 Å². The first-order chi connectivity index (χ1) is 20.5. The van der Waals surface area contributed by atoms with Gasteiger partial charge in [-0.25, -0.2) is 9.98 Å². The van der Waals surface area contributed by atoms with Crippen molar-refractivity contribution in [2.45, 2.75) is 87.6 Å². The third-order valence-corrected chi connectivity index (χ3v) is 8.89. The fourth-order valence-corrected chi connectivity index (χ4v) is 5.61. The number of nitrogens with zero attached hydrogens (tertiary/aromatic N) is 3. The van der Waals surface area contributed by atoms with E-state index in [-0.39, 0.29) is 11.5 Å². The minimum Gasteiger partial charge on any atom is -0.507 e. The first kappa shape index (κ1) is 31.8. The number of hydrogen-bond donors (Lipinski definition) is 2. The van der Waals surface area contributed by atoms with Gasteiger partial charge in [-0.05, 0) is 100 Å². The average molecular weight is 578 g/mol. The quantitative estimate of drug-likeness (QED) is 0.145. The van der Waals surface area contributed by atoms with Crippen LogP contribution in [0.2, 0.25) is 0 Å². The highest BCUT2D eigenvalue weighted by atomic mass is 16.3. The number of phenolic OH excluding ortho intramolecular Hbond substituents is 2. The number of aliphatic imine (C=N–C) groups is 2. The van der Waals surface area contributed by atoms with Gasteiger partial charge >= 0.3 is 0 Å². The van der Waals surface area contributed by atoms with Crippen molar-refractivity contribution in [1.29, 1.82) is 0 Å². The lowest BCUT2D eigenvalue weighted by molar-refractivity contribution is 0.396. The molecule has 4 aromatic rings. The van der Waals surface area contributed by atoms with E-state index in [4.69, 9.17) is 9.98 Å². The Hall–Kier alpha value is -4.12. The van der Waals surface area contributed by atoms with Crippen molar-refractivity contribution in [3.63, 3.8) is 0 Å². The van der Waals surface area contributed by atoms with Crippen LogP contribution < -0.4 is 0 Å². The van der Waals surface area contributed by atoms with Crippen molar-refractivity contribution < 1.29 is 10.2 Å². The van der Waals surface area contributed by atoms with Gasteiger partial charge in [-0.2, -0.15) is 0 Å². The van der Waals surface area contributed by atoms with Crippen LogP contribution in [0.1, 0.15) is 91.0 Å². The molecule has 5 nitrogen and oxygen atoms in total. The highest BCUT2D eigenvalue weighted by Crippen LogP contribution is 2.33. The molecule has 0 aliphatic carbocycles. The lowest BCUT2D eigenvalue weighted by Gasteiger charge is -2.16. The van der Waals surface area contributed by atoms with E-state index in [1.165, 1.54) is 30.3 Å². The van der Waals surface area contributed by atoms with Crippen LogP contribution in [0.5, 0.6) is 11.5 Å². The molecule has 0 aliphatic rings. The number of phenols is 2. The maximum Gasteiger partial charge on any atom is 0.163 e. The predicted octanol–water partition coefficient (Wildman–Crippen LogP) is 9.74. The monoisotopic (exact) mass is 577 g/mol. The van der Waals surface area contributed by atoms with E-state index >= 15 is 0 Å². The normalized spacial score (nSPS) is 13.1. The summed E-state index contributed by atoms with van der Waals surface area (Å²) in [5.74, 6) is 1.27. The van der Waals surface area contributed by atoms with Gasteiger partial charge in [0, 0.05) is 40.5 Å². The zero-order valence-corrected chi connectivity index (χ0v) is 27.2. The second-order valence-electron chi connectivity index (χ2n) is 12.0. The van der Waals surface area contributed by atoms with Gasteiger partial charge in [0.25, 0.3) is 0 Å². The molecule has 43 heavy (non-hydrogen) atoms. The average Bonchev–Trinajstić information content (AvgIpc) is 3.33. The smallest absolute Gasteiger partial charge is 0.163 e. The number of amidine groups is 1. The van der Waals surface area contributed by atoms with Gasteiger partial charge in [-0.3, -0.25) is 0 Å². The zero-order valence-electron chi connectivity index (χ0n) is 27.2. The molecule has 3 aromatic carbocycles. The molecule has 1 atom stereocenters. The molecule has 0 amide bonds. The van der Waals surface area contributed by atoms with Crippen LogP contribution in [0.15, 0.2) is 65.2 Å². The Morgan fingerprint density at radius 2 is 1.47 bits per heavy atom. The summed E-state index contributed by atoms with van der Waals surface area (Å²) in [4.78, 5) is 9.93. The Kier molecular flexibility index (Phi) is 9.95. The Balaban J connectivity index is 1.88. The fraction of sp³-hybridized carbons (Fsp3) is 0.368. The van der Waals surface area contributed by atoms with Crippen LogP contribution in [0.3, 0.4) is 0 Å². The van der Waals surface area contributed by atoms with Crippen molar-refractivity contribution in [2.24, 2.45) is 15.9 Å². The highest BCUT2D eigenvalue weighted by molar-refractivity contribution is 6.17. The van der Waals surface area contributed by atoms with Crippen molar-refractivity contribution in [2.75, 3.05) is 0 Å². The minimum absolute atomic E-state index is 0.146. The summed E-state index contributed by atoms with van der Waals surface area (Å²) in [7, 11) is 0. The second kappa shape index (κ2) is 13.5. The Morgan fingerprint density at radius 1 is 0.837 bits per heavy atom. The molecule has 0 fully saturated rings. The largest absolute Gasteiger partial charge is 0.507 e. The van der Waals surface area contributed by atoms with E-state index in [2.05, 4.69) is 56.3 Å². The molecule has 1 unspecified atom stereocenters. The van der Waals surface area contributed by atoms with E-state index in [0.29, 0.717) is 28.6 Å². The van der Waals surface area contributed by atoms with E-state index in [1.807, 2.05) is 58.9 Å². The lowest BCUT2D eigenvalue weighted by atomic mass is 9.99. The summed E-state index contributed by atoms with van der Waals surface area (Å²) in [6, 6.07) is 14.2. The van der Waals surface area contributed by atoms with Crippen LogP contribution in [-0.4, -0.2) is 26.3 Å². The van der Waals surface area contributed by atoms with E-state index < -0.39 is 0 Å². The third-order valence-electron chi connectivity index (χ3n) is 8.89. The molecule has 4 rings (SSSR count). The topological polar surface area (TPSA) is 70.1 Å². The predicted molar refractivity (Wildman–Crippen MR) is 183 cm³/mol. The number of fused-ring (bicyclic) bond motifs is 1. The summed E-state index contributed by atoms with van der Waals surface area (Å²) in [6.07, 6.45) is 7.03. The maximum atomic E-state index is 11.2. The van der Waals surface area contributed by atoms with E-state index in [1.54, 1.807) is 0 Å². The van der Waals surface area contributed by atoms with Crippen LogP contribution in [0, 0.1) is 40.5 Å². The van der Waals surface area contributed by atoms with Gasteiger partial charge in [0.05, 0.1) is 11.3 Å². The summed E-state index contributed by atoms with van der Waals surface area (Å²) in [5, 5.41) is 23.3.